The molecule has 0 aromatic heterocycles. The molecule has 0 unspecified atom stereocenters. The van der Waals surface area contributed by atoms with Crippen LogP contribution < -0.4 is 10.2 Å². The minimum atomic E-state index is -0.673. The van der Waals surface area contributed by atoms with Crippen LogP contribution in [0.15, 0.2) is 48.5 Å². The maximum absolute atomic E-state index is 13.8. The lowest BCUT2D eigenvalue weighted by atomic mass is 10.1. The zero-order chi connectivity index (χ0) is 15.7. The molecule has 3 rings (SSSR count). The normalized spacial score (nSPS) is 17.9. The molecule has 1 aliphatic heterocycles. The molecule has 112 valence electrons. The van der Waals surface area contributed by atoms with Crippen LogP contribution in [-0.4, -0.2) is 17.9 Å². The number of hydrogen-bond acceptors (Lipinski definition) is 3. The molecule has 22 heavy (non-hydrogen) atoms. The van der Waals surface area contributed by atoms with E-state index in [9.17, 15) is 14.0 Å². The van der Waals surface area contributed by atoms with E-state index in [1.54, 1.807) is 6.07 Å². The predicted molar refractivity (Wildman–Crippen MR) is 82.1 cm³/mol. The molecular weight excluding hydrogens is 283 g/mol. The van der Waals surface area contributed by atoms with Crippen molar-refractivity contribution >= 4 is 23.2 Å². The van der Waals surface area contributed by atoms with Crippen LogP contribution in [0.2, 0.25) is 0 Å². The number of benzene rings is 2. The van der Waals surface area contributed by atoms with Crippen LogP contribution in [0.25, 0.3) is 0 Å². The van der Waals surface area contributed by atoms with E-state index in [2.05, 4.69) is 5.32 Å². The second-order valence-corrected chi connectivity index (χ2v) is 5.23. The zero-order valence-corrected chi connectivity index (χ0v) is 12.0. The van der Waals surface area contributed by atoms with Crippen molar-refractivity contribution in [2.24, 2.45) is 0 Å². The van der Waals surface area contributed by atoms with E-state index in [4.69, 9.17) is 0 Å². The molecule has 2 aromatic carbocycles. The molecule has 5 heteroatoms. The highest BCUT2D eigenvalue weighted by molar-refractivity contribution is 6.23. The van der Waals surface area contributed by atoms with E-state index in [-0.39, 0.29) is 12.1 Å². The van der Waals surface area contributed by atoms with Crippen LogP contribution in [0, 0.1) is 12.7 Å². The first-order chi connectivity index (χ1) is 10.6. The number of halogens is 1. The van der Waals surface area contributed by atoms with Crippen molar-refractivity contribution in [1.82, 2.24) is 0 Å². The third-order valence-corrected chi connectivity index (χ3v) is 3.71. The maximum atomic E-state index is 13.8. The molecule has 0 bridgehead atoms. The quantitative estimate of drug-likeness (QED) is 0.886. The van der Waals surface area contributed by atoms with Crippen LogP contribution in [0.5, 0.6) is 0 Å². The summed E-state index contributed by atoms with van der Waals surface area (Å²) in [6, 6.07) is 12.6. The Morgan fingerprint density at radius 1 is 1.09 bits per heavy atom. The molecule has 2 amide bonds. The van der Waals surface area contributed by atoms with E-state index >= 15 is 0 Å². The minimum absolute atomic E-state index is 0.00610. The van der Waals surface area contributed by atoms with Gasteiger partial charge in [0, 0.05) is 5.69 Å². The molecule has 1 fully saturated rings. The second kappa shape index (κ2) is 5.60. The van der Waals surface area contributed by atoms with Gasteiger partial charge < -0.3 is 5.32 Å². The third kappa shape index (κ3) is 2.45. The van der Waals surface area contributed by atoms with Gasteiger partial charge in [-0.15, -0.1) is 0 Å². The number of anilines is 2. The standard InChI is InChI=1S/C17H15FN2O2/c1-11-6-2-4-8-13(11)19-14-10-16(21)20(17(14)22)15-9-5-3-7-12(15)18/h2-9,14,19H,10H2,1H3/t14-/m1/s1. The van der Waals surface area contributed by atoms with Crippen molar-refractivity contribution in [3.63, 3.8) is 0 Å². The number of amides is 2. The summed E-state index contributed by atoms with van der Waals surface area (Å²) in [6.07, 6.45) is 0.0154. The van der Waals surface area contributed by atoms with Gasteiger partial charge in [0.2, 0.25) is 5.91 Å². The van der Waals surface area contributed by atoms with Crippen molar-refractivity contribution in [2.45, 2.75) is 19.4 Å². The Hall–Kier alpha value is -2.69. The molecule has 0 aliphatic carbocycles. The van der Waals surface area contributed by atoms with Crippen molar-refractivity contribution in [1.29, 1.82) is 0 Å². The maximum Gasteiger partial charge on any atom is 0.256 e. The number of nitrogens with one attached hydrogen (secondary N) is 1. The van der Waals surface area contributed by atoms with E-state index < -0.39 is 23.7 Å². The molecule has 1 N–H and O–H groups in total. The second-order valence-electron chi connectivity index (χ2n) is 5.23. The molecule has 1 aliphatic rings. The molecule has 0 spiro atoms. The topological polar surface area (TPSA) is 49.4 Å². The van der Waals surface area contributed by atoms with Crippen LogP contribution >= 0.6 is 0 Å². The van der Waals surface area contributed by atoms with E-state index in [0.717, 1.165) is 16.2 Å². The van der Waals surface area contributed by atoms with E-state index in [0.29, 0.717) is 0 Å². The highest BCUT2D eigenvalue weighted by atomic mass is 19.1. The predicted octanol–water partition coefficient (Wildman–Crippen LogP) is 2.88. The Morgan fingerprint density at radius 2 is 1.77 bits per heavy atom. The van der Waals surface area contributed by atoms with Crippen LogP contribution in [0.1, 0.15) is 12.0 Å². The SMILES string of the molecule is Cc1ccccc1N[C@@H]1CC(=O)N(c2ccccc2F)C1=O. The van der Waals surface area contributed by atoms with Crippen LogP contribution in [-0.2, 0) is 9.59 Å². The summed E-state index contributed by atoms with van der Waals surface area (Å²) in [7, 11) is 0. The highest BCUT2D eigenvalue weighted by Crippen LogP contribution is 2.27. The first kappa shape index (κ1) is 14.3. The Balaban J connectivity index is 1.86. The van der Waals surface area contributed by atoms with Gasteiger partial charge in [-0.25, -0.2) is 9.29 Å². The molecule has 4 nitrogen and oxygen atoms in total. The Morgan fingerprint density at radius 3 is 2.50 bits per heavy atom. The fourth-order valence-electron chi connectivity index (χ4n) is 2.55. The fourth-order valence-corrected chi connectivity index (χ4v) is 2.55. The van der Waals surface area contributed by atoms with Gasteiger partial charge in [-0.05, 0) is 30.7 Å². The van der Waals surface area contributed by atoms with Gasteiger partial charge in [0.1, 0.15) is 11.9 Å². The first-order valence-corrected chi connectivity index (χ1v) is 7.01. The summed E-state index contributed by atoms with van der Waals surface area (Å²) in [4.78, 5) is 25.5. The Labute approximate surface area is 127 Å². The van der Waals surface area contributed by atoms with Crippen molar-refractivity contribution in [2.75, 3.05) is 10.2 Å². The number of rotatable bonds is 3. The lowest BCUT2D eigenvalue weighted by molar-refractivity contribution is -0.121. The van der Waals surface area contributed by atoms with Crippen molar-refractivity contribution < 1.29 is 14.0 Å². The monoisotopic (exact) mass is 298 g/mol. The molecule has 1 atom stereocenters. The summed E-state index contributed by atoms with van der Waals surface area (Å²) in [6.45, 7) is 1.91. The lowest BCUT2D eigenvalue weighted by Gasteiger charge is -2.17. The van der Waals surface area contributed by atoms with Crippen LogP contribution in [0.3, 0.4) is 0 Å². The summed E-state index contributed by atoms with van der Waals surface area (Å²) in [5.41, 5.74) is 1.78. The number of imide groups is 1. The molecular formula is C17H15FN2O2. The van der Waals surface area contributed by atoms with Gasteiger partial charge in [-0.2, -0.15) is 0 Å². The number of carbonyl (C=O) groups excluding carboxylic acids is 2. The number of nitrogens with zero attached hydrogens (tertiary/aromatic N) is 1. The number of hydrogen-bond donors (Lipinski definition) is 1. The Bertz CT molecular complexity index is 745. The van der Waals surface area contributed by atoms with Crippen molar-refractivity contribution in [3.05, 3.63) is 59.9 Å². The largest absolute Gasteiger partial charge is 0.373 e. The molecule has 0 radical (unpaired) electrons. The number of carbonyl (C=O) groups is 2. The van der Waals surface area contributed by atoms with E-state index in [1.807, 2.05) is 31.2 Å². The summed E-state index contributed by atoms with van der Waals surface area (Å²) in [5.74, 6) is -1.42. The lowest BCUT2D eigenvalue weighted by Crippen LogP contribution is -2.35. The van der Waals surface area contributed by atoms with Crippen molar-refractivity contribution in [3.8, 4) is 0 Å². The average molecular weight is 298 g/mol. The first-order valence-electron chi connectivity index (χ1n) is 7.01. The van der Waals surface area contributed by atoms with Gasteiger partial charge >= 0.3 is 0 Å². The summed E-state index contributed by atoms with van der Waals surface area (Å²) in [5, 5.41) is 3.07. The van der Waals surface area contributed by atoms with Gasteiger partial charge in [-0.1, -0.05) is 30.3 Å². The van der Waals surface area contributed by atoms with E-state index in [1.165, 1.54) is 18.2 Å². The number of aryl methyl sites for hydroxylation is 1. The van der Waals surface area contributed by atoms with Gasteiger partial charge in [0.15, 0.2) is 0 Å². The zero-order valence-electron chi connectivity index (χ0n) is 12.0. The van der Waals surface area contributed by atoms with Gasteiger partial charge in [0.05, 0.1) is 12.1 Å². The molecule has 2 aromatic rings. The third-order valence-electron chi connectivity index (χ3n) is 3.71. The van der Waals surface area contributed by atoms with Gasteiger partial charge in [0.25, 0.3) is 5.91 Å². The fraction of sp³-hybridized carbons (Fsp3) is 0.176. The van der Waals surface area contributed by atoms with Crippen LogP contribution in [0.4, 0.5) is 15.8 Å². The highest BCUT2D eigenvalue weighted by Gasteiger charge is 2.40. The van der Waals surface area contributed by atoms with Gasteiger partial charge in [-0.3, -0.25) is 9.59 Å². The smallest absolute Gasteiger partial charge is 0.256 e. The average Bonchev–Trinajstić information content (AvgIpc) is 2.77. The Kier molecular flexibility index (Phi) is 3.63. The minimum Gasteiger partial charge on any atom is -0.373 e. The summed E-state index contributed by atoms with van der Waals surface area (Å²) < 4.78 is 13.8. The molecule has 0 saturated carbocycles. The molecule has 1 heterocycles. The number of para-hydroxylation sites is 2. The summed E-state index contributed by atoms with van der Waals surface area (Å²) >= 11 is 0. The molecule has 1 saturated heterocycles.